The molecule has 2 nitrogen and oxygen atoms in total. The predicted octanol–water partition coefficient (Wildman–Crippen LogP) is 1.15. The van der Waals surface area contributed by atoms with E-state index < -0.39 is 0 Å². The number of nitrogens with two attached hydrogens (primary N) is 1. The zero-order chi connectivity index (χ0) is 7.68. The molecule has 0 aromatic rings. The Morgan fingerprint density at radius 2 is 2.18 bits per heavy atom. The van der Waals surface area contributed by atoms with E-state index in [0.29, 0.717) is 12.6 Å². The summed E-state index contributed by atoms with van der Waals surface area (Å²) < 4.78 is 5.66. The summed E-state index contributed by atoms with van der Waals surface area (Å²) in [4.78, 5) is 0. The Kier molecular flexibility index (Phi) is 2.14. The molecule has 2 N–H and O–H groups in total. The molecule has 2 bridgehead atoms. The van der Waals surface area contributed by atoms with Crippen molar-refractivity contribution in [2.45, 2.75) is 31.8 Å². The maximum Gasteiger partial charge on any atom is 0.0606 e. The molecule has 64 valence electrons. The van der Waals surface area contributed by atoms with Crippen LogP contribution in [-0.4, -0.2) is 19.3 Å². The van der Waals surface area contributed by atoms with Crippen LogP contribution < -0.4 is 5.73 Å². The van der Waals surface area contributed by atoms with Gasteiger partial charge < -0.3 is 10.5 Å². The van der Waals surface area contributed by atoms with Crippen LogP contribution in [0.3, 0.4) is 0 Å². The van der Waals surface area contributed by atoms with E-state index in [-0.39, 0.29) is 0 Å². The lowest BCUT2D eigenvalue weighted by Crippen LogP contribution is -2.23. The Labute approximate surface area is 68.1 Å². The van der Waals surface area contributed by atoms with Gasteiger partial charge in [-0.2, -0.15) is 0 Å². The number of fused-ring (bicyclic) bond motifs is 2. The summed E-state index contributed by atoms with van der Waals surface area (Å²) in [5.74, 6) is 1.87. The van der Waals surface area contributed by atoms with E-state index in [4.69, 9.17) is 10.5 Å². The van der Waals surface area contributed by atoms with Crippen LogP contribution in [0.2, 0.25) is 0 Å². The third-order valence-electron chi connectivity index (χ3n) is 3.12. The van der Waals surface area contributed by atoms with Gasteiger partial charge >= 0.3 is 0 Å². The van der Waals surface area contributed by atoms with Crippen molar-refractivity contribution in [3.05, 3.63) is 0 Å². The van der Waals surface area contributed by atoms with Gasteiger partial charge in [-0.15, -0.1) is 0 Å². The summed E-state index contributed by atoms with van der Waals surface area (Å²) in [6.45, 7) is 1.43. The molecule has 3 atom stereocenters. The minimum atomic E-state index is 0.567. The molecule has 0 amide bonds. The van der Waals surface area contributed by atoms with Gasteiger partial charge in [0.05, 0.1) is 12.7 Å². The number of hydrogen-bond acceptors (Lipinski definition) is 2. The molecule has 0 aliphatic heterocycles. The molecule has 0 radical (unpaired) electrons. The van der Waals surface area contributed by atoms with Gasteiger partial charge in [0.1, 0.15) is 0 Å². The highest BCUT2D eigenvalue weighted by molar-refractivity contribution is 4.90. The second kappa shape index (κ2) is 3.11. The number of ether oxygens (including phenoxy) is 1. The zero-order valence-electron chi connectivity index (χ0n) is 6.96. The van der Waals surface area contributed by atoms with Crippen LogP contribution in [-0.2, 0) is 4.74 Å². The molecule has 2 rings (SSSR count). The first-order valence-electron chi connectivity index (χ1n) is 4.72. The summed E-state index contributed by atoms with van der Waals surface area (Å²) in [5, 5.41) is 0. The van der Waals surface area contributed by atoms with Gasteiger partial charge in [-0.05, 0) is 37.5 Å². The van der Waals surface area contributed by atoms with E-state index in [1.807, 2.05) is 0 Å². The highest BCUT2D eigenvalue weighted by atomic mass is 16.5. The molecule has 2 heteroatoms. The summed E-state index contributed by atoms with van der Waals surface area (Å²) >= 11 is 0. The van der Waals surface area contributed by atoms with E-state index in [2.05, 4.69) is 0 Å². The molecular weight excluding hydrogens is 138 g/mol. The minimum absolute atomic E-state index is 0.567. The molecule has 2 aliphatic rings. The molecule has 0 heterocycles. The molecule has 0 saturated heterocycles. The SMILES string of the molecule is NCCOC1CC2CCC1C2. The van der Waals surface area contributed by atoms with Crippen molar-refractivity contribution in [2.75, 3.05) is 13.2 Å². The van der Waals surface area contributed by atoms with Crippen LogP contribution in [0.15, 0.2) is 0 Å². The van der Waals surface area contributed by atoms with E-state index in [1.54, 1.807) is 0 Å². The summed E-state index contributed by atoms with van der Waals surface area (Å²) in [6.07, 6.45) is 6.16. The topological polar surface area (TPSA) is 35.2 Å². The van der Waals surface area contributed by atoms with Crippen LogP contribution >= 0.6 is 0 Å². The van der Waals surface area contributed by atoms with Crippen molar-refractivity contribution in [3.63, 3.8) is 0 Å². The molecule has 0 aromatic carbocycles. The van der Waals surface area contributed by atoms with Gasteiger partial charge in [0.2, 0.25) is 0 Å². The van der Waals surface area contributed by atoms with Gasteiger partial charge in [0.15, 0.2) is 0 Å². The Morgan fingerprint density at radius 3 is 2.73 bits per heavy atom. The van der Waals surface area contributed by atoms with Crippen LogP contribution in [0.5, 0.6) is 0 Å². The Morgan fingerprint density at radius 1 is 1.27 bits per heavy atom. The molecule has 2 fully saturated rings. The van der Waals surface area contributed by atoms with Gasteiger partial charge in [0, 0.05) is 6.54 Å². The molecule has 2 saturated carbocycles. The maximum atomic E-state index is 5.66. The van der Waals surface area contributed by atoms with E-state index in [0.717, 1.165) is 18.4 Å². The first-order chi connectivity index (χ1) is 5.40. The fourth-order valence-corrected chi connectivity index (χ4v) is 2.61. The standard InChI is InChI=1S/C9H17NO/c10-3-4-11-9-6-7-1-2-8(9)5-7/h7-9H,1-6,10H2. The smallest absolute Gasteiger partial charge is 0.0606 e. The number of rotatable bonds is 3. The van der Waals surface area contributed by atoms with Gasteiger partial charge in [-0.3, -0.25) is 0 Å². The lowest BCUT2D eigenvalue weighted by atomic mass is 9.98. The highest BCUT2D eigenvalue weighted by Gasteiger charge is 2.39. The fraction of sp³-hybridized carbons (Fsp3) is 1.00. The van der Waals surface area contributed by atoms with Crippen LogP contribution in [0, 0.1) is 11.8 Å². The number of hydrogen-bond donors (Lipinski definition) is 1. The van der Waals surface area contributed by atoms with Crippen molar-refractivity contribution in [3.8, 4) is 0 Å². The van der Waals surface area contributed by atoms with Crippen molar-refractivity contribution >= 4 is 0 Å². The van der Waals surface area contributed by atoms with Crippen molar-refractivity contribution in [1.82, 2.24) is 0 Å². The normalized spacial score (nSPS) is 41.7. The summed E-state index contributed by atoms with van der Waals surface area (Å²) in [6, 6.07) is 0. The van der Waals surface area contributed by atoms with Gasteiger partial charge in [-0.25, -0.2) is 0 Å². The quantitative estimate of drug-likeness (QED) is 0.663. The molecule has 2 aliphatic carbocycles. The van der Waals surface area contributed by atoms with E-state index in [1.165, 1.54) is 25.7 Å². The predicted molar refractivity (Wildman–Crippen MR) is 44.2 cm³/mol. The maximum absolute atomic E-state index is 5.66. The van der Waals surface area contributed by atoms with Crippen molar-refractivity contribution in [2.24, 2.45) is 17.6 Å². The Bertz CT molecular complexity index is 138. The van der Waals surface area contributed by atoms with Crippen LogP contribution in [0.25, 0.3) is 0 Å². The molecule has 0 spiro atoms. The average Bonchev–Trinajstić information content (AvgIpc) is 2.60. The lowest BCUT2D eigenvalue weighted by molar-refractivity contribution is 0.0212. The molecule has 11 heavy (non-hydrogen) atoms. The second-order valence-corrected chi connectivity index (χ2v) is 3.87. The summed E-state index contributed by atoms with van der Waals surface area (Å²) in [5.41, 5.74) is 5.38. The fourth-order valence-electron chi connectivity index (χ4n) is 2.61. The lowest BCUT2D eigenvalue weighted by Gasteiger charge is -2.21. The van der Waals surface area contributed by atoms with Crippen LogP contribution in [0.4, 0.5) is 0 Å². The third kappa shape index (κ3) is 1.42. The second-order valence-electron chi connectivity index (χ2n) is 3.87. The van der Waals surface area contributed by atoms with E-state index in [9.17, 15) is 0 Å². The van der Waals surface area contributed by atoms with Crippen LogP contribution in [0.1, 0.15) is 25.7 Å². The molecular formula is C9H17NO. The minimum Gasteiger partial charge on any atom is -0.377 e. The Hall–Kier alpha value is -0.0800. The van der Waals surface area contributed by atoms with E-state index >= 15 is 0 Å². The monoisotopic (exact) mass is 155 g/mol. The van der Waals surface area contributed by atoms with Gasteiger partial charge in [-0.1, -0.05) is 0 Å². The summed E-state index contributed by atoms with van der Waals surface area (Å²) in [7, 11) is 0. The van der Waals surface area contributed by atoms with Crippen molar-refractivity contribution < 1.29 is 4.74 Å². The average molecular weight is 155 g/mol. The molecule has 3 unspecified atom stereocenters. The van der Waals surface area contributed by atoms with Crippen molar-refractivity contribution in [1.29, 1.82) is 0 Å². The largest absolute Gasteiger partial charge is 0.377 e. The molecule has 0 aromatic heterocycles. The zero-order valence-corrected chi connectivity index (χ0v) is 6.96. The third-order valence-corrected chi connectivity index (χ3v) is 3.12. The Balaban J connectivity index is 1.78. The first kappa shape index (κ1) is 7.56. The van der Waals surface area contributed by atoms with Gasteiger partial charge in [0.25, 0.3) is 0 Å². The first-order valence-corrected chi connectivity index (χ1v) is 4.72. The highest BCUT2D eigenvalue weighted by Crippen LogP contribution is 2.45.